The molecule has 1 saturated heterocycles. The van der Waals surface area contributed by atoms with Crippen LogP contribution in [0.5, 0.6) is 0 Å². The van der Waals surface area contributed by atoms with Gasteiger partial charge in [0.05, 0.1) is 23.6 Å². The van der Waals surface area contributed by atoms with Crippen molar-refractivity contribution >= 4 is 15.7 Å². The second-order valence-electron chi connectivity index (χ2n) is 5.54. The number of anilines is 1. The van der Waals surface area contributed by atoms with E-state index in [1.54, 1.807) is 22.5 Å². The van der Waals surface area contributed by atoms with Crippen molar-refractivity contribution in [2.45, 2.75) is 43.2 Å². The highest BCUT2D eigenvalue weighted by Crippen LogP contribution is 2.33. The fourth-order valence-corrected chi connectivity index (χ4v) is 4.80. The zero-order chi connectivity index (χ0) is 14.3. The number of nitrogen functional groups attached to an aromatic ring is 1. The number of fused-ring (bicyclic) bond motifs is 1. The number of morpholine rings is 1. The molecule has 0 radical (unpaired) electrons. The zero-order valence-corrected chi connectivity index (χ0v) is 12.4. The fourth-order valence-electron chi connectivity index (χ4n) is 3.10. The molecule has 1 heterocycles. The van der Waals surface area contributed by atoms with E-state index in [1.165, 1.54) is 0 Å². The van der Waals surface area contributed by atoms with E-state index in [-0.39, 0.29) is 17.0 Å². The maximum Gasteiger partial charge on any atom is 0.243 e. The molecule has 2 atom stereocenters. The maximum absolute atomic E-state index is 12.8. The van der Waals surface area contributed by atoms with Gasteiger partial charge in [0.2, 0.25) is 10.0 Å². The van der Waals surface area contributed by atoms with Crippen LogP contribution in [0.2, 0.25) is 0 Å². The molecule has 6 heteroatoms. The van der Waals surface area contributed by atoms with E-state index in [9.17, 15) is 8.42 Å². The average molecular weight is 296 g/mol. The Morgan fingerprint density at radius 1 is 1.35 bits per heavy atom. The van der Waals surface area contributed by atoms with Crippen molar-refractivity contribution in [3.8, 4) is 0 Å². The maximum atomic E-state index is 12.8. The van der Waals surface area contributed by atoms with Crippen LogP contribution in [-0.4, -0.2) is 38.0 Å². The molecule has 1 aliphatic heterocycles. The van der Waals surface area contributed by atoms with Crippen LogP contribution in [0.25, 0.3) is 0 Å². The number of nitrogens with two attached hydrogens (primary N) is 1. The molecule has 2 fully saturated rings. The van der Waals surface area contributed by atoms with Gasteiger partial charge in [0.1, 0.15) is 0 Å². The van der Waals surface area contributed by atoms with E-state index in [0.29, 0.717) is 18.8 Å². The number of nitrogens with zero attached hydrogens (tertiary/aromatic N) is 1. The largest absolute Gasteiger partial charge is 0.398 e. The van der Waals surface area contributed by atoms with E-state index in [2.05, 4.69) is 0 Å². The first-order valence-corrected chi connectivity index (χ1v) is 8.44. The van der Waals surface area contributed by atoms with E-state index >= 15 is 0 Å². The second kappa shape index (κ2) is 5.02. The molecule has 1 aliphatic carbocycles. The number of hydrogen-bond acceptors (Lipinski definition) is 4. The first kappa shape index (κ1) is 13.9. The fraction of sp³-hybridized carbons (Fsp3) is 0.571. The highest BCUT2D eigenvalue weighted by atomic mass is 32.2. The number of rotatable bonds is 2. The minimum absolute atomic E-state index is 0.0173. The lowest BCUT2D eigenvalue weighted by molar-refractivity contribution is -0.0241. The van der Waals surface area contributed by atoms with Gasteiger partial charge in [0, 0.05) is 12.2 Å². The predicted molar refractivity (Wildman–Crippen MR) is 76.9 cm³/mol. The third-order valence-electron chi connectivity index (χ3n) is 4.29. The molecule has 2 N–H and O–H groups in total. The minimum atomic E-state index is -3.48. The predicted octanol–water partition coefficient (Wildman–Crippen LogP) is 1.52. The molecule has 1 saturated carbocycles. The molecule has 5 nitrogen and oxygen atoms in total. The van der Waals surface area contributed by atoms with Crippen molar-refractivity contribution < 1.29 is 13.2 Å². The Labute approximate surface area is 119 Å². The van der Waals surface area contributed by atoms with Crippen molar-refractivity contribution in [2.75, 3.05) is 18.9 Å². The molecule has 0 aromatic heterocycles. The smallest absolute Gasteiger partial charge is 0.243 e. The second-order valence-corrected chi connectivity index (χ2v) is 7.43. The first-order chi connectivity index (χ1) is 9.50. The zero-order valence-electron chi connectivity index (χ0n) is 11.6. The summed E-state index contributed by atoms with van der Waals surface area (Å²) in [5.41, 5.74) is 7.26. The Balaban J connectivity index is 1.96. The van der Waals surface area contributed by atoms with Gasteiger partial charge in [-0.3, -0.25) is 0 Å². The van der Waals surface area contributed by atoms with Gasteiger partial charge in [-0.15, -0.1) is 0 Å². The summed E-state index contributed by atoms with van der Waals surface area (Å²) in [6.45, 7) is 2.77. The molecule has 2 unspecified atom stereocenters. The Morgan fingerprint density at radius 2 is 2.15 bits per heavy atom. The number of aryl methyl sites for hydroxylation is 1. The van der Waals surface area contributed by atoms with Crippen molar-refractivity contribution in [1.29, 1.82) is 0 Å². The molecule has 0 bridgehead atoms. The molecular weight excluding hydrogens is 276 g/mol. The van der Waals surface area contributed by atoms with Crippen LogP contribution < -0.4 is 5.73 Å². The molecule has 0 spiro atoms. The summed E-state index contributed by atoms with van der Waals surface area (Å²) in [6, 6.07) is 4.94. The van der Waals surface area contributed by atoms with Crippen LogP contribution in [0.4, 0.5) is 5.69 Å². The number of sulfonamides is 1. The summed E-state index contributed by atoms with van der Waals surface area (Å²) in [5, 5.41) is 0. The number of ether oxygens (including phenoxy) is 1. The minimum Gasteiger partial charge on any atom is -0.398 e. The summed E-state index contributed by atoms with van der Waals surface area (Å²) in [7, 11) is -3.48. The van der Waals surface area contributed by atoms with Gasteiger partial charge in [0.25, 0.3) is 0 Å². The monoisotopic (exact) mass is 296 g/mol. The van der Waals surface area contributed by atoms with Gasteiger partial charge in [-0.1, -0.05) is 6.07 Å². The van der Waals surface area contributed by atoms with Gasteiger partial charge in [-0.25, -0.2) is 8.42 Å². The normalized spacial score (nSPS) is 27.4. The van der Waals surface area contributed by atoms with Crippen molar-refractivity contribution in [3.63, 3.8) is 0 Å². The number of hydrogen-bond donors (Lipinski definition) is 1. The highest BCUT2D eigenvalue weighted by molar-refractivity contribution is 7.89. The van der Waals surface area contributed by atoms with Gasteiger partial charge in [-0.2, -0.15) is 4.31 Å². The van der Waals surface area contributed by atoms with E-state index < -0.39 is 10.0 Å². The Bertz CT molecular complexity index is 615. The summed E-state index contributed by atoms with van der Waals surface area (Å²) >= 11 is 0. The van der Waals surface area contributed by atoms with Gasteiger partial charge < -0.3 is 10.5 Å². The van der Waals surface area contributed by atoms with Crippen LogP contribution >= 0.6 is 0 Å². The molecule has 2 aliphatic rings. The molecule has 1 aromatic carbocycles. The Hall–Kier alpha value is -1.11. The summed E-state index contributed by atoms with van der Waals surface area (Å²) in [6.07, 6.45) is 2.91. The van der Waals surface area contributed by atoms with Gasteiger partial charge in [0.15, 0.2) is 0 Å². The molecule has 0 amide bonds. The lowest BCUT2D eigenvalue weighted by atomic mass is 10.2. The quantitative estimate of drug-likeness (QED) is 0.840. The Morgan fingerprint density at radius 3 is 2.90 bits per heavy atom. The molecule has 3 rings (SSSR count). The highest BCUT2D eigenvalue weighted by Gasteiger charge is 2.42. The third kappa shape index (κ3) is 2.21. The third-order valence-corrected chi connectivity index (χ3v) is 6.21. The molecule has 20 heavy (non-hydrogen) atoms. The van der Waals surface area contributed by atoms with Gasteiger partial charge >= 0.3 is 0 Å². The van der Waals surface area contributed by atoms with Crippen LogP contribution in [0.1, 0.15) is 24.8 Å². The molecule has 1 aromatic rings. The van der Waals surface area contributed by atoms with E-state index in [1.807, 2.05) is 6.92 Å². The van der Waals surface area contributed by atoms with Crippen LogP contribution in [0.15, 0.2) is 23.1 Å². The van der Waals surface area contributed by atoms with Crippen molar-refractivity contribution in [3.05, 3.63) is 23.8 Å². The van der Waals surface area contributed by atoms with Crippen LogP contribution in [0.3, 0.4) is 0 Å². The summed E-state index contributed by atoms with van der Waals surface area (Å²) < 4.78 is 32.9. The lowest BCUT2D eigenvalue weighted by Crippen LogP contribution is -2.51. The lowest BCUT2D eigenvalue weighted by Gasteiger charge is -2.36. The summed E-state index contributed by atoms with van der Waals surface area (Å²) in [4.78, 5) is 0.285. The SMILES string of the molecule is Cc1ccc(S(=O)(=O)N2CCOC3CCCC32)cc1N. The van der Waals surface area contributed by atoms with Crippen LogP contribution in [-0.2, 0) is 14.8 Å². The average Bonchev–Trinajstić information content (AvgIpc) is 2.89. The van der Waals surface area contributed by atoms with Crippen LogP contribution in [0, 0.1) is 6.92 Å². The first-order valence-electron chi connectivity index (χ1n) is 7.00. The Kier molecular flexibility index (Phi) is 3.48. The summed E-state index contributed by atoms with van der Waals surface area (Å²) in [5.74, 6) is 0. The van der Waals surface area contributed by atoms with Gasteiger partial charge in [-0.05, 0) is 43.9 Å². The molecular formula is C14H20N2O3S. The van der Waals surface area contributed by atoms with E-state index in [0.717, 1.165) is 24.8 Å². The van der Waals surface area contributed by atoms with E-state index in [4.69, 9.17) is 10.5 Å². The van der Waals surface area contributed by atoms with Crippen molar-refractivity contribution in [1.82, 2.24) is 4.31 Å². The topological polar surface area (TPSA) is 72.6 Å². The van der Waals surface area contributed by atoms with Crippen molar-refractivity contribution in [2.24, 2.45) is 0 Å². The standard InChI is InChI=1S/C14H20N2O3S/c1-10-5-6-11(9-12(10)15)20(17,18)16-7-8-19-14-4-2-3-13(14)16/h5-6,9,13-14H,2-4,7-8,15H2,1H3. The number of benzene rings is 1. The molecule has 110 valence electrons.